The van der Waals surface area contributed by atoms with Crippen molar-refractivity contribution in [2.75, 3.05) is 26.4 Å². The third kappa shape index (κ3) is 2.71. The Morgan fingerprint density at radius 1 is 1.50 bits per heavy atom. The first kappa shape index (κ1) is 13.5. The minimum absolute atomic E-state index is 0.0594. The molecule has 1 unspecified atom stereocenters. The van der Waals surface area contributed by atoms with Gasteiger partial charge in [-0.25, -0.2) is 4.39 Å². The summed E-state index contributed by atoms with van der Waals surface area (Å²) in [6.07, 6.45) is 0. The van der Waals surface area contributed by atoms with Crippen LogP contribution in [0.1, 0.15) is 24.1 Å². The number of halogens is 1. The number of aliphatic hydroxyl groups is 1. The summed E-state index contributed by atoms with van der Waals surface area (Å²) in [5.74, 6) is -0.176. The Labute approximate surface area is 107 Å². The van der Waals surface area contributed by atoms with Crippen LogP contribution in [0.4, 0.5) is 4.39 Å². The Bertz CT molecular complexity index is 413. The maximum atomic E-state index is 13.5. The Hall–Kier alpha value is -0.970. The van der Waals surface area contributed by atoms with E-state index in [9.17, 15) is 9.50 Å². The second-order valence-corrected chi connectivity index (χ2v) is 5.26. The number of aryl methyl sites for hydroxylation is 1. The molecule has 1 aromatic rings. The Balaban J connectivity index is 1.94. The van der Waals surface area contributed by atoms with Crippen LogP contribution >= 0.6 is 0 Å². The van der Waals surface area contributed by atoms with Crippen LogP contribution in [0.3, 0.4) is 0 Å². The van der Waals surface area contributed by atoms with Gasteiger partial charge in [0, 0.05) is 12.6 Å². The van der Waals surface area contributed by atoms with E-state index in [1.807, 2.05) is 13.0 Å². The van der Waals surface area contributed by atoms with Crippen molar-refractivity contribution in [3.05, 3.63) is 35.1 Å². The molecule has 3 nitrogen and oxygen atoms in total. The van der Waals surface area contributed by atoms with Crippen molar-refractivity contribution in [3.8, 4) is 0 Å². The van der Waals surface area contributed by atoms with Crippen LogP contribution in [-0.4, -0.2) is 31.5 Å². The Morgan fingerprint density at radius 3 is 2.72 bits per heavy atom. The van der Waals surface area contributed by atoms with Gasteiger partial charge in [0.2, 0.25) is 0 Å². The van der Waals surface area contributed by atoms with E-state index >= 15 is 0 Å². The van der Waals surface area contributed by atoms with Gasteiger partial charge in [0.25, 0.3) is 0 Å². The summed E-state index contributed by atoms with van der Waals surface area (Å²) in [6.45, 7) is 5.73. The molecule has 1 atom stereocenters. The molecule has 1 saturated heterocycles. The molecule has 0 saturated carbocycles. The minimum Gasteiger partial charge on any atom is -0.396 e. The largest absolute Gasteiger partial charge is 0.396 e. The first-order chi connectivity index (χ1) is 8.56. The molecule has 0 bridgehead atoms. The van der Waals surface area contributed by atoms with Crippen molar-refractivity contribution >= 4 is 0 Å². The summed E-state index contributed by atoms with van der Waals surface area (Å²) < 4.78 is 18.6. The van der Waals surface area contributed by atoms with E-state index in [0.717, 1.165) is 5.56 Å². The van der Waals surface area contributed by atoms with Crippen LogP contribution in [0.5, 0.6) is 0 Å². The smallest absolute Gasteiger partial charge is 0.126 e. The van der Waals surface area contributed by atoms with Gasteiger partial charge in [-0.05, 0) is 31.0 Å². The highest BCUT2D eigenvalue weighted by Gasteiger charge is 2.37. The lowest BCUT2D eigenvalue weighted by atomic mass is 9.86. The average molecular weight is 253 g/mol. The molecule has 4 heteroatoms. The minimum atomic E-state index is -0.176. The lowest BCUT2D eigenvalue weighted by Gasteiger charge is -2.40. The number of aliphatic hydroxyl groups excluding tert-OH is 1. The topological polar surface area (TPSA) is 41.5 Å². The zero-order valence-corrected chi connectivity index (χ0v) is 10.9. The van der Waals surface area contributed by atoms with Crippen molar-refractivity contribution in [2.24, 2.45) is 5.41 Å². The highest BCUT2D eigenvalue weighted by Crippen LogP contribution is 2.27. The SMILES string of the molecule is Cc1ccc(C(C)NCC2(CO)COC2)cc1F. The summed E-state index contributed by atoms with van der Waals surface area (Å²) in [5, 5.41) is 12.7. The van der Waals surface area contributed by atoms with Gasteiger partial charge in [0.15, 0.2) is 0 Å². The molecule has 1 aliphatic rings. The van der Waals surface area contributed by atoms with E-state index in [4.69, 9.17) is 4.74 Å². The molecule has 100 valence electrons. The predicted molar refractivity (Wildman–Crippen MR) is 67.9 cm³/mol. The number of ether oxygens (including phenoxy) is 1. The first-order valence-electron chi connectivity index (χ1n) is 6.24. The molecule has 1 fully saturated rings. The van der Waals surface area contributed by atoms with Gasteiger partial charge >= 0.3 is 0 Å². The highest BCUT2D eigenvalue weighted by molar-refractivity contribution is 5.25. The number of rotatable bonds is 5. The lowest BCUT2D eigenvalue weighted by molar-refractivity contribution is -0.135. The number of hydrogen-bond donors (Lipinski definition) is 2. The van der Waals surface area contributed by atoms with Crippen LogP contribution in [0.2, 0.25) is 0 Å². The van der Waals surface area contributed by atoms with Gasteiger partial charge in [-0.1, -0.05) is 12.1 Å². The monoisotopic (exact) mass is 253 g/mol. The third-order valence-corrected chi connectivity index (χ3v) is 3.63. The first-order valence-corrected chi connectivity index (χ1v) is 6.24. The summed E-state index contributed by atoms with van der Waals surface area (Å²) in [7, 11) is 0. The van der Waals surface area contributed by atoms with Crippen molar-refractivity contribution in [1.29, 1.82) is 0 Å². The lowest BCUT2D eigenvalue weighted by Crippen LogP contribution is -2.52. The highest BCUT2D eigenvalue weighted by atomic mass is 19.1. The van der Waals surface area contributed by atoms with E-state index in [0.29, 0.717) is 25.3 Å². The molecule has 0 aromatic heterocycles. The Morgan fingerprint density at radius 2 is 2.22 bits per heavy atom. The van der Waals surface area contributed by atoms with Crippen molar-refractivity contribution < 1.29 is 14.2 Å². The summed E-state index contributed by atoms with van der Waals surface area (Å²) in [4.78, 5) is 0. The van der Waals surface area contributed by atoms with E-state index in [1.54, 1.807) is 19.1 Å². The standard InChI is InChI=1S/C14H20FNO2/c1-10-3-4-12(5-13(10)15)11(2)16-6-14(7-17)8-18-9-14/h3-5,11,16-17H,6-9H2,1-2H3. The van der Waals surface area contributed by atoms with Crippen molar-refractivity contribution in [1.82, 2.24) is 5.32 Å². The fourth-order valence-corrected chi connectivity index (χ4v) is 2.01. The second kappa shape index (κ2) is 5.34. The molecule has 0 spiro atoms. The zero-order valence-electron chi connectivity index (χ0n) is 10.9. The van der Waals surface area contributed by atoms with Crippen LogP contribution < -0.4 is 5.32 Å². The van der Waals surface area contributed by atoms with Gasteiger partial charge in [0.05, 0.1) is 25.2 Å². The normalized spacial score (nSPS) is 19.3. The molecular formula is C14H20FNO2. The Kier molecular flexibility index (Phi) is 4.00. The van der Waals surface area contributed by atoms with Crippen molar-refractivity contribution in [2.45, 2.75) is 19.9 Å². The maximum absolute atomic E-state index is 13.5. The van der Waals surface area contributed by atoms with Gasteiger partial charge in [-0.15, -0.1) is 0 Å². The van der Waals surface area contributed by atoms with Gasteiger partial charge in [-0.2, -0.15) is 0 Å². The molecule has 0 radical (unpaired) electrons. The zero-order chi connectivity index (χ0) is 13.2. The second-order valence-electron chi connectivity index (χ2n) is 5.26. The van der Waals surface area contributed by atoms with Crippen LogP contribution in [0, 0.1) is 18.2 Å². The van der Waals surface area contributed by atoms with E-state index < -0.39 is 0 Å². The third-order valence-electron chi connectivity index (χ3n) is 3.63. The maximum Gasteiger partial charge on any atom is 0.126 e. The molecule has 1 aromatic carbocycles. The summed E-state index contributed by atoms with van der Waals surface area (Å²) in [5.41, 5.74) is 1.42. The summed E-state index contributed by atoms with van der Waals surface area (Å²) in [6, 6.07) is 5.34. The predicted octanol–water partition coefficient (Wildman–Crippen LogP) is 1.79. The van der Waals surface area contributed by atoms with E-state index in [2.05, 4.69) is 5.32 Å². The molecule has 2 N–H and O–H groups in total. The van der Waals surface area contributed by atoms with Crippen molar-refractivity contribution in [3.63, 3.8) is 0 Å². The van der Waals surface area contributed by atoms with Crippen LogP contribution in [-0.2, 0) is 4.74 Å². The number of nitrogens with one attached hydrogen (secondary N) is 1. The van der Waals surface area contributed by atoms with E-state index in [1.165, 1.54) is 0 Å². The molecule has 1 heterocycles. The fourth-order valence-electron chi connectivity index (χ4n) is 2.01. The van der Waals surface area contributed by atoms with E-state index in [-0.39, 0.29) is 23.9 Å². The van der Waals surface area contributed by atoms with Crippen LogP contribution in [0.15, 0.2) is 18.2 Å². The van der Waals surface area contributed by atoms with Crippen LogP contribution in [0.25, 0.3) is 0 Å². The molecule has 0 aliphatic carbocycles. The van der Waals surface area contributed by atoms with Gasteiger partial charge in [0.1, 0.15) is 5.82 Å². The molecule has 18 heavy (non-hydrogen) atoms. The molecular weight excluding hydrogens is 233 g/mol. The van der Waals surface area contributed by atoms with Gasteiger partial charge in [-0.3, -0.25) is 0 Å². The quantitative estimate of drug-likeness (QED) is 0.840. The van der Waals surface area contributed by atoms with Gasteiger partial charge < -0.3 is 15.2 Å². The fraction of sp³-hybridized carbons (Fsp3) is 0.571. The summed E-state index contributed by atoms with van der Waals surface area (Å²) >= 11 is 0. The number of benzene rings is 1. The molecule has 2 rings (SSSR count). The average Bonchev–Trinajstić information content (AvgIpc) is 2.31. The molecule has 1 aliphatic heterocycles. The number of hydrogen-bond acceptors (Lipinski definition) is 3. The molecule has 0 amide bonds.